The molecule has 16 heavy (non-hydrogen) atoms. The molecule has 0 aromatic carbocycles. The Balaban J connectivity index is 2.53. The third-order valence-electron chi connectivity index (χ3n) is 2.54. The second kappa shape index (κ2) is 5.29. The summed E-state index contributed by atoms with van der Waals surface area (Å²) in [5.74, 6) is -0.278. The van der Waals surface area contributed by atoms with Crippen molar-refractivity contribution >= 4 is 33.2 Å². The summed E-state index contributed by atoms with van der Waals surface area (Å²) in [7, 11) is 0. The monoisotopic (exact) mass is 304 g/mol. The van der Waals surface area contributed by atoms with Gasteiger partial charge in [-0.25, -0.2) is 0 Å². The molecule has 3 N–H and O–H groups in total. The highest BCUT2D eigenvalue weighted by molar-refractivity contribution is 9.11. The van der Waals surface area contributed by atoms with Crippen LogP contribution in [-0.4, -0.2) is 12.5 Å². The molecule has 1 aromatic heterocycles. The van der Waals surface area contributed by atoms with Gasteiger partial charge in [-0.3, -0.25) is 4.79 Å². The number of amides is 1. The average molecular weight is 305 g/mol. The normalized spacial score (nSPS) is 13.8. The summed E-state index contributed by atoms with van der Waals surface area (Å²) in [6.07, 6.45) is 0. The zero-order chi connectivity index (χ0) is 12.3. The molecule has 1 aromatic rings. The van der Waals surface area contributed by atoms with Crippen LogP contribution in [0.3, 0.4) is 0 Å². The van der Waals surface area contributed by atoms with Gasteiger partial charge < -0.3 is 11.1 Å². The number of rotatable bonds is 5. The van der Waals surface area contributed by atoms with E-state index in [4.69, 9.17) is 5.73 Å². The quantitative estimate of drug-likeness (QED) is 0.879. The minimum atomic E-state index is -0.511. The highest BCUT2D eigenvalue weighted by Crippen LogP contribution is 2.27. The molecule has 0 aliphatic rings. The van der Waals surface area contributed by atoms with E-state index in [0.717, 1.165) is 3.79 Å². The molecule has 0 aliphatic carbocycles. The minimum Gasteiger partial charge on any atom is -0.369 e. The van der Waals surface area contributed by atoms with E-state index in [2.05, 4.69) is 34.2 Å². The van der Waals surface area contributed by atoms with Crippen LogP contribution < -0.4 is 11.1 Å². The highest BCUT2D eigenvalue weighted by Gasteiger charge is 2.25. The molecule has 5 heteroatoms. The summed E-state index contributed by atoms with van der Waals surface area (Å²) >= 11 is 5.12. The van der Waals surface area contributed by atoms with Crippen LogP contribution in [0.25, 0.3) is 0 Å². The van der Waals surface area contributed by atoms with Gasteiger partial charge in [-0.1, -0.05) is 0 Å². The molecule has 0 fully saturated rings. The maximum atomic E-state index is 11.2. The van der Waals surface area contributed by atoms with Gasteiger partial charge in [0.2, 0.25) is 5.91 Å². The predicted octanol–water partition coefficient (Wildman–Crippen LogP) is 2.67. The lowest BCUT2D eigenvalue weighted by Crippen LogP contribution is -2.41. The first-order valence-corrected chi connectivity index (χ1v) is 6.72. The Kier molecular flexibility index (Phi) is 4.52. The van der Waals surface area contributed by atoms with Crippen LogP contribution in [0.15, 0.2) is 15.9 Å². The van der Waals surface area contributed by atoms with Crippen molar-refractivity contribution in [2.75, 3.05) is 6.54 Å². The average Bonchev–Trinajstić information content (AvgIpc) is 2.61. The summed E-state index contributed by atoms with van der Waals surface area (Å²) < 4.78 is 1.12. The number of primary amides is 1. The molecule has 1 rings (SSSR count). The number of hydrogen-bond donors (Lipinski definition) is 2. The van der Waals surface area contributed by atoms with Crippen molar-refractivity contribution in [2.45, 2.75) is 26.8 Å². The van der Waals surface area contributed by atoms with Crippen molar-refractivity contribution in [1.29, 1.82) is 0 Å². The number of nitrogens with one attached hydrogen (secondary N) is 1. The fraction of sp³-hybridized carbons (Fsp3) is 0.545. The third-order valence-corrected chi connectivity index (χ3v) is 4.34. The zero-order valence-corrected chi connectivity index (χ0v) is 12.1. The topological polar surface area (TPSA) is 55.1 Å². The summed E-state index contributed by atoms with van der Waals surface area (Å²) in [4.78, 5) is 12.4. The zero-order valence-electron chi connectivity index (χ0n) is 9.71. The van der Waals surface area contributed by atoms with Gasteiger partial charge in [-0.15, -0.1) is 11.3 Å². The number of carbonyl (C=O) groups excluding carboxylic acids is 1. The molecule has 0 saturated carbocycles. The minimum absolute atomic E-state index is 0.231. The van der Waals surface area contributed by atoms with E-state index in [1.807, 2.05) is 19.9 Å². The summed E-state index contributed by atoms with van der Waals surface area (Å²) in [5, 5.41) is 3.32. The molecule has 1 heterocycles. The van der Waals surface area contributed by atoms with Crippen LogP contribution in [0.2, 0.25) is 0 Å². The van der Waals surface area contributed by atoms with Crippen LogP contribution in [0.4, 0.5) is 0 Å². The molecule has 3 nitrogen and oxygen atoms in total. The Labute approximate surface area is 109 Å². The van der Waals surface area contributed by atoms with Crippen LogP contribution >= 0.6 is 27.3 Å². The standard InChI is InChI=1S/C11H17BrN2OS/c1-7(8-4-5-9(12)16-8)14-6-11(2,3)10(13)15/h4-5,7,14H,6H2,1-3H3,(H2,13,15). The van der Waals surface area contributed by atoms with E-state index in [-0.39, 0.29) is 11.9 Å². The Bertz CT molecular complexity index is 376. The number of halogens is 1. The van der Waals surface area contributed by atoms with Gasteiger partial charge in [0.05, 0.1) is 9.20 Å². The molecule has 0 radical (unpaired) electrons. The largest absolute Gasteiger partial charge is 0.369 e. The number of carbonyl (C=O) groups is 1. The van der Waals surface area contributed by atoms with Crippen molar-refractivity contribution in [1.82, 2.24) is 5.32 Å². The number of nitrogens with two attached hydrogens (primary N) is 1. The van der Waals surface area contributed by atoms with Crippen molar-refractivity contribution in [3.05, 3.63) is 20.8 Å². The predicted molar refractivity (Wildman–Crippen MR) is 71.4 cm³/mol. The fourth-order valence-corrected chi connectivity index (χ4v) is 2.61. The Hall–Kier alpha value is -0.390. The van der Waals surface area contributed by atoms with E-state index in [0.29, 0.717) is 6.54 Å². The third kappa shape index (κ3) is 3.57. The van der Waals surface area contributed by atoms with Gasteiger partial charge >= 0.3 is 0 Å². The van der Waals surface area contributed by atoms with Gasteiger partial charge in [0.15, 0.2) is 0 Å². The molecule has 0 bridgehead atoms. The van der Waals surface area contributed by atoms with Gasteiger partial charge in [0, 0.05) is 17.5 Å². The lowest BCUT2D eigenvalue weighted by atomic mass is 9.92. The van der Waals surface area contributed by atoms with E-state index in [1.165, 1.54) is 4.88 Å². The highest BCUT2D eigenvalue weighted by atomic mass is 79.9. The maximum Gasteiger partial charge on any atom is 0.224 e. The first-order chi connectivity index (χ1) is 7.33. The molecule has 0 saturated heterocycles. The lowest BCUT2D eigenvalue weighted by Gasteiger charge is -2.23. The van der Waals surface area contributed by atoms with E-state index in [9.17, 15) is 4.79 Å². The van der Waals surface area contributed by atoms with E-state index >= 15 is 0 Å². The smallest absolute Gasteiger partial charge is 0.224 e. The summed E-state index contributed by atoms with van der Waals surface area (Å²) in [6, 6.07) is 4.33. The lowest BCUT2D eigenvalue weighted by molar-refractivity contribution is -0.125. The van der Waals surface area contributed by atoms with Gasteiger partial charge in [0.25, 0.3) is 0 Å². The maximum absolute atomic E-state index is 11.2. The van der Waals surface area contributed by atoms with Crippen LogP contribution in [0, 0.1) is 5.41 Å². The Morgan fingerprint density at radius 1 is 1.62 bits per heavy atom. The molecule has 0 spiro atoms. The van der Waals surface area contributed by atoms with Crippen molar-refractivity contribution < 1.29 is 4.79 Å². The molecular formula is C11H17BrN2OS. The van der Waals surface area contributed by atoms with Crippen molar-refractivity contribution in [3.8, 4) is 0 Å². The van der Waals surface area contributed by atoms with Gasteiger partial charge in [-0.05, 0) is 48.8 Å². The van der Waals surface area contributed by atoms with Crippen molar-refractivity contribution in [2.24, 2.45) is 11.1 Å². The second-order valence-electron chi connectivity index (χ2n) is 4.49. The van der Waals surface area contributed by atoms with Crippen LogP contribution in [-0.2, 0) is 4.79 Å². The number of hydrogen-bond acceptors (Lipinski definition) is 3. The fourth-order valence-electron chi connectivity index (χ4n) is 1.16. The van der Waals surface area contributed by atoms with Crippen LogP contribution in [0.1, 0.15) is 31.7 Å². The molecule has 0 aliphatic heterocycles. The first-order valence-electron chi connectivity index (χ1n) is 5.11. The Morgan fingerprint density at radius 3 is 2.69 bits per heavy atom. The molecule has 1 unspecified atom stereocenters. The first kappa shape index (κ1) is 13.7. The second-order valence-corrected chi connectivity index (χ2v) is 6.99. The molecular weight excluding hydrogens is 288 g/mol. The van der Waals surface area contributed by atoms with E-state index in [1.54, 1.807) is 11.3 Å². The Morgan fingerprint density at radius 2 is 2.25 bits per heavy atom. The van der Waals surface area contributed by atoms with Gasteiger partial charge in [-0.2, -0.15) is 0 Å². The number of thiophene rings is 1. The van der Waals surface area contributed by atoms with Crippen LogP contribution in [0.5, 0.6) is 0 Å². The molecule has 1 atom stereocenters. The summed E-state index contributed by atoms with van der Waals surface area (Å²) in [5.41, 5.74) is 4.80. The van der Waals surface area contributed by atoms with E-state index < -0.39 is 5.41 Å². The van der Waals surface area contributed by atoms with Gasteiger partial charge in [0.1, 0.15) is 0 Å². The van der Waals surface area contributed by atoms with Crippen molar-refractivity contribution in [3.63, 3.8) is 0 Å². The summed E-state index contributed by atoms with van der Waals surface area (Å²) in [6.45, 7) is 6.35. The molecule has 90 valence electrons. The SMILES string of the molecule is CC(NCC(C)(C)C(N)=O)c1ccc(Br)s1. The molecule has 1 amide bonds.